The van der Waals surface area contributed by atoms with E-state index in [1.54, 1.807) is 19.1 Å². The molecule has 0 fully saturated rings. The largest absolute Gasteiger partial charge is 0.388 e. The van der Waals surface area contributed by atoms with Crippen LogP contribution in [0.2, 0.25) is 5.02 Å². The molecule has 0 saturated carbocycles. The number of halogens is 2. The Hall–Kier alpha value is -0.600. The SMILES string of the molecule is CCC(CC)C(O)c1c(Cl)ccc(C)c1F. The van der Waals surface area contributed by atoms with Gasteiger partial charge in [-0.05, 0) is 24.5 Å². The number of hydrogen-bond donors (Lipinski definition) is 1. The van der Waals surface area contributed by atoms with Gasteiger partial charge in [0.25, 0.3) is 0 Å². The fraction of sp³-hybridized carbons (Fsp3) is 0.538. The Bertz CT molecular complexity index is 361. The molecule has 0 spiro atoms. The number of aliphatic hydroxyl groups excluding tert-OH is 1. The van der Waals surface area contributed by atoms with Crippen molar-refractivity contribution < 1.29 is 9.50 Å². The van der Waals surface area contributed by atoms with Gasteiger partial charge in [0.15, 0.2) is 0 Å². The van der Waals surface area contributed by atoms with E-state index in [4.69, 9.17) is 11.6 Å². The van der Waals surface area contributed by atoms with Gasteiger partial charge in [-0.15, -0.1) is 0 Å². The van der Waals surface area contributed by atoms with Gasteiger partial charge < -0.3 is 5.11 Å². The van der Waals surface area contributed by atoms with E-state index in [0.717, 1.165) is 12.8 Å². The van der Waals surface area contributed by atoms with Gasteiger partial charge in [-0.1, -0.05) is 44.4 Å². The van der Waals surface area contributed by atoms with E-state index in [9.17, 15) is 9.50 Å². The molecule has 1 aromatic rings. The van der Waals surface area contributed by atoms with Crippen molar-refractivity contribution in [3.63, 3.8) is 0 Å². The number of benzene rings is 1. The van der Waals surface area contributed by atoms with E-state index in [1.807, 2.05) is 13.8 Å². The standard InChI is InChI=1S/C13H18ClFO/c1-4-9(5-2)13(16)11-10(14)7-6-8(3)12(11)15/h6-7,9,13,16H,4-5H2,1-3H3. The summed E-state index contributed by atoms with van der Waals surface area (Å²) in [6.45, 7) is 5.65. The van der Waals surface area contributed by atoms with Crippen LogP contribution in [0.15, 0.2) is 12.1 Å². The molecule has 1 unspecified atom stereocenters. The molecule has 0 aliphatic rings. The highest BCUT2D eigenvalue weighted by Crippen LogP contribution is 2.34. The van der Waals surface area contributed by atoms with E-state index < -0.39 is 6.10 Å². The molecule has 0 aliphatic carbocycles. The van der Waals surface area contributed by atoms with Gasteiger partial charge >= 0.3 is 0 Å². The zero-order chi connectivity index (χ0) is 12.3. The maximum atomic E-state index is 13.9. The van der Waals surface area contributed by atoms with Gasteiger partial charge in [0, 0.05) is 10.6 Å². The Labute approximate surface area is 101 Å². The first-order chi connectivity index (χ1) is 7.52. The Morgan fingerprint density at radius 1 is 1.31 bits per heavy atom. The molecule has 16 heavy (non-hydrogen) atoms. The maximum absolute atomic E-state index is 13.9. The molecule has 1 aromatic carbocycles. The molecule has 3 heteroatoms. The highest BCUT2D eigenvalue weighted by atomic mass is 35.5. The third kappa shape index (κ3) is 2.55. The van der Waals surface area contributed by atoms with Crippen LogP contribution in [0.4, 0.5) is 4.39 Å². The predicted octanol–water partition coefficient (Wildman–Crippen LogP) is 4.26. The minimum atomic E-state index is -0.817. The second kappa shape index (κ2) is 5.65. The van der Waals surface area contributed by atoms with Gasteiger partial charge in [0.05, 0.1) is 6.10 Å². The Morgan fingerprint density at radius 2 is 1.88 bits per heavy atom. The molecule has 0 aromatic heterocycles. The molecule has 0 bridgehead atoms. The van der Waals surface area contributed by atoms with Crippen molar-refractivity contribution in [3.05, 3.63) is 34.1 Å². The summed E-state index contributed by atoms with van der Waals surface area (Å²) in [4.78, 5) is 0. The Morgan fingerprint density at radius 3 is 2.38 bits per heavy atom. The van der Waals surface area contributed by atoms with Crippen LogP contribution in [-0.2, 0) is 0 Å². The maximum Gasteiger partial charge on any atom is 0.133 e. The molecular weight excluding hydrogens is 227 g/mol. The monoisotopic (exact) mass is 244 g/mol. The van der Waals surface area contributed by atoms with E-state index in [2.05, 4.69) is 0 Å². The van der Waals surface area contributed by atoms with Crippen molar-refractivity contribution in [3.8, 4) is 0 Å². The molecular formula is C13H18ClFO. The summed E-state index contributed by atoms with van der Waals surface area (Å²) in [5, 5.41) is 10.4. The number of hydrogen-bond acceptors (Lipinski definition) is 1. The van der Waals surface area contributed by atoms with Crippen molar-refractivity contribution in [2.45, 2.75) is 39.7 Å². The highest BCUT2D eigenvalue weighted by molar-refractivity contribution is 6.31. The van der Waals surface area contributed by atoms with Gasteiger partial charge in [-0.3, -0.25) is 0 Å². The van der Waals surface area contributed by atoms with E-state index in [1.165, 1.54) is 0 Å². The van der Waals surface area contributed by atoms with Crippen LogP contribution in [0.5, 0.6) is 0 Å². The van der Waals surface area contributed by atoms with Crippen LogP contribution in [0, 0.1) is 18.7 Å². The number of rotatable bonds is 4. The van der Waals surface area contributed by atoms with Crippen LogP contribution in [-0.4, -0.2) is 5.11 Å². The third-order valence-corrected chi connectivity index (χ3v) is 3.44. The second-order valence-corrected chi connectivity index (χ2v) is 4.52. The molecule has 1 nitrogen and oxygen atoms in total. The summed E-state index contributed by atoms with van der Waals surface area (Å²) >= 11 is 5.95. The molecule has 1 atom stereocenters. The average Bonchev–Trinajstić information content (AvgIpc) is 2.26. The Balaban J connectivity index is 3.16. The predicted molar refractivity (Wildman–Crippen MR) is 65.2 cm³/mol. The molecule has 0 heterocycles. The first-order valence-electron chi connectivity index (χ1n) is 5.65. The third-order valence-electron chi connectivity index (χ3n) is 3.11. The zero-order valence-electron chi connectivity index (χ0n) is 9.93. The number of aryl methyl sites for hydroxylation is 1. The van der Waals surface area contributed by atoms with Gasteiger partial charge in [0.1, 0.15) is 5.82 Å². The van der Waals surface area contributed by atoms with Crippen LogP contribution in [0.25, 0.3) is 0 Å². The first-order valence-corrected chi connectivity index (χ1v) is 6.03. The normalized spacial score (nSPS) is 13.2. The minimum absolute atomic E-state index is 0.0498. The Kier molecular flexibility index (Phi) is 4.75. The van der Waals surface area contributed by atoms with Crippen molar-refractivity contribution in [1.82, 2.24) is 0 Å². The molecule has 0 amide bonds. The molecule has 0 aliphatic heterocycles. The van der Waals surface area contributed by atoms with Crippen LogP contribution >= 0.6 is 11.6 Å². The summed E-state index contributed by atoms with van der Waals surface area (Å²) in [5.74, 6) is -0.333. The van der Waals surface area contributed by atoms with Crippen molar-refractivity contribution in [2.75, 3.05) is 0 Å². The topological polar surface area (TPSA) is 20.2 Å². The lowest BCUT2D eigenvalue weighted by Gasteiger charge is -2.22. The van der Waals surface area contributed by atoms with Gasteiger partial charge in [-0.2, -0.15) is 0 Å². The smallest absolute Gasteiger partial charge is 0.133 e. The highest BCUT2D eigenvalue weighted by Gasteiger charge is 2.24. The fourth-order valence-corrected chi connectivity index (χ4v) is 2.18. The van der Waals surface area contributed by atoms with Gasteiger partial charge in [-0.25, -0.2) is 4.39 Å². The fourth-order valence-electron chi connectivity index (χ4n) is 1.92. The lowest BCUT2D eigenvalue weighted by molar-refractivity contribution is 0.0995. The van der Waals surface area contributed by atoms with Crippen LogP contribution in [0.3, 0.4) is 0 Å². The molecule has 1 rings (SSSR count). The quantitative estimate of drug-likeness (QED) is 0.839. The average molecular weight is 245 g/mol. The lowest BCUT2D eigenvalue weighted by atomic mass is 9.90. The molecule has 0 saturated heterocycles. The lowest BCUT2D eigenvalue weighted by Crippen LogP contribution is -2.13. The van der Waals surface area contributed by atoms with Crippen molar-refractivity contribution >= 4 is 11.6 Å². The van der Waals surface area contributed by atoms with E-state index >= 15 is 0 Å². The van der Waals surface area contributed by atoms with Crippen LogP contribution < -0.4 is 0 Å². The summed E-state index contributed by atoms with van der Waals surface area (Å²) < 4.78 is 13.9. The van der Waals surface area contributed by atoms with Crippen molar-refractivity contribution in [2.24, 2.45) is 5.92 Å². The van der Waals surface area contributed by atoms with Crippen LogP contribution in [0.1, 0.15) is 43.9 Å². The van der Waals surface area contributed by atoms with E-state index in [-0.39, 0.29) is 17.3 Å². The van der Waals surface area contributed by atoms with E-state index in [0.29, 0.717) is 10.6 Å². The second-order valence-electron chi connectivity index (χ2n) is 4.11. The summed E-state index contributed by atoms with van der Waals surface area (Å²) in [6.07, 6.45) is 0.797. The molecule has 90 valence electrons. The summed E-state index contributed by atoms with van der Waals surface area (Å²) in [7, 11) is 0. The molecule has 0 radical (unpaired) electrons. The van der Waals surface area contributed by atoms with Crippen molar-refractivity contribution in [1.29, 1.82) is 0 Å². The van der Waals surface area contributed by atoms with Gasteiger partial charge in [0.2, 0.25) is 0 Å². The minimum Gasteiger partial charge on any atom is -0.388 e. The summed E-state index contributed by atoms with van der Waals surface area (Å²) in [6, 6.07) is 3.27. The number of aliphatic hydroxyl groups is 1. The first kappa shape index (κ1) is 13.5. The summed E-state index contributed by atoms with van der Waals surface area (Å²) in [5.41, 5.74) is 0.764. The zero-order valence-corrected chi connectivity index (χ0v) is 10.7. The molecule has 1 N–H and O–H groups in total.